The lowest BCUT2D eigenvalue weighted by Crippen LogP contribution is -2.30. The second-order valence-electron chi connectivity index (χ2n) is 7.27. The summed E-state index contributed by atoms with van der Waals surface area (Å²) in [5.74, 6) is -0.691. The molecule has 0 spiro atoms. The fourth-order valence-corrected chi connectivity index (χ4v) is 3.58. The van der Waals surface area contributed by atoms with Crippen molar-refractivity contribution < 1.29 is 27.5 Å². The van der Waals surface area contributed by atoms with Gasteiger partial charge in [0.1, 0.15) is 5.75 Å². The molecule has 1 atom stereocenters. The van der Waals surface area contributed by atoms with Gasteiger partial charge in [-0.1, -0.05) is 48.5 Å². The maximum atomic E-state index is 13.1. The molecular formula is C25H24N2O6S. The molecule has 0 aromatic heterocycles. The van der Waals surface area contributed by atoms with E-state index in [2.05, 4.69) is 5.32 Å². The van der Waals surface area contributed by atoms with E-state index in [1.165, 1.54) is 38.3 Å². The van der Waals surface area contributed by atoms with Gasteiger partial charge in [-0.15, -0.1) is 0 Å². The van der Waals surface area contributed by atoms with E-state index < -0.39 is 28.0 Å². The largest absolute Gasteiger partial charge is 0.496 e. The number of methoxy groups -OCH3 is 1. The van der Waals surface area contributed by atoms with Crippen LogP contribution in [0.3, 0.4) is 0 Å². The number of hydrogen-bond acceptors (Lipinski definition) is 6. The molecule has 0 aliphatic carbocycles. The average molecular weight is 481 g/mol. The molecule has 8 nitrogen and oxygen atoms in total. The highest BCUT2D eigenvalue weighted by atomic mass is 32.2. The molecule has 3 rings (SSSR count). The summed E-state index contributed by atoms with van der Waals surface area (Å²) in [6.45, 7) is 1.44. The van der Waals surface area contributed by atoms with Gasteiger partial charge < -0.3 is 14.8 Å². The van der Waals surface area contributed by atoms with Crippen LogP contribution in [0.2, 0.25) is 0 Å². The first-order valence-electron chi connectivity index (χ1n) is 10.2. The standard InChI is InChI=1S/C25H24N2O6S/c1-17(24(28)27-20-12-14-21(15-13-20)34(26,30)31)33-25(29)22(18-8-4-3-5-9-18)16-19-10-6-7-11-23(19)32-2/h3-17H,1-2H3,(H,27,28)(H2,26,30,31)/b22-16+/t17-/m0/s1. The van der Waals surface area contributed by atoms with Crippen molar-refractivity contribution in [3.63, 3.8) is 0 Å². The zero-order valence-corrected chi connectivity index (χ0v) is 19.4. The number of carbonyl (C=O) groups excluding carboxylic acids is 2. The Balaban J connectivity index is 1.79. The molecule has 3 N–H and O–H groups in total. The highest BCUT2D eigenvalue weighted by Gasteiger charge is 2.22. The lowest BCUT2D eigenvalue weighted by Gasteiger charge is -2.16. The third-order valence-corrected chi connectivity index (χ3v) is 5.78. The van der Waals surface area contributed by atoms with Gasteiger partial charge in [-0.05, 0) is 48.9 Å². The van der Waals surface area contributed by atoms with E-state index in [-0.39, 0.29) is 10.5 Å². The number of esters is 1. The van der Waals surface area contributed by atoms with E-state index in [0.29, 0.717) is 22.6 Å². The number of hydrogen-bond donors (Lipinski definition) is 2. The molecule has 0 unspecified atom stereocenters. The highest BCUT2D eigenvalue weighted by molar-refractivity contribution is 7.89. The summed E-state index contributed by atoms with van der Waals surface area (Å²) in [6, 6.07) is 21.5. The van der Waals surface area contributed by atoms with Crippen molar-refractivity contribution in [3.8, 4) is 5.75 Å². The number of primary sulfonamides is 1. The quantitative estimate of drug-likeness (QED) is 0.289. The molecule has 0 radical (unpaired) electrons. The lowest BCUT2D eigenvalue weighted by molar-refractivity contribution is -0.147. The summed E-state index contributed by atoms with van der Waals surface area (Å²) in [7, 11) is -2.31. The summed E-state index contributed by atoms with van der Waals surface area (Å²) in [5.41, 5.74) is 1.87. The van der Waals surface area contributed by atoms with Crippen molar-refractivity contribution in [2.75, 3.05) is 12.4 Å². The van der Waals surface area contributed by atoms with Gasteiger partial charge in [0.15, 0.2) is 6.10 Å². The zero-order valence-electron chi connectivity index (χ0n) is 18.6. The summed E-state index contributed by atoms with van der Waals surface area (Å²) in [6.07, 6.45) is 0.516. The first-order valence-corrected chi connectivity index (χ1v) is 11.8. The molecule has 0 heterocycles. The summed E-state index contributed by atoms with van der Waals surface area (Å²) < 4.78 is 33.6. The Morgan fingerprint density at radius 2 is 1.56 bits per heavy atom. The smallest absolute Gasteiger partial charge is 0.339 e. The number of ether oxygens (including phenoxy) is 2. The maximum Gasteiger partial charge on any atom is 0.339 e. The molecule has 0 bridgehead atoms. The Bertz CT molecular complexity index is 1300. The van der Waals surface area contributed by atoms with Crippen molar-refractivity contribution in [1.82, 2.24) is 0 Å². The van der Waals surface area contributed by atoms with Crippen LogP contribution >= 0.6 is 0 Å². The Morgan fingerprint density at radius 1 is 0.941 bits per heavy atom. The topological polar surface area (TPSA) is 125 Å². The molecule has 34 heavy (non-hydrogen) atoms. The molecule has 0 aliphatic heterocycles. The van der Waals surface area contributed by atoms with Crippen LogP contribution in [0.5, 0.6) is 5.75 Å². The molecule has 9 heteroatoms. The molecule has 0 fully saturated rings. The number of carbonyl (C=O) groups is 2. The second kappa shape index (κ2) is 10.8. The predicted molar refractivity (Wildman–Crippen MR) is 129 cm³/mol. The van der Waals surface area contributed by atoms with E-state index >= 15 is 0 Å². The van der Waals surface area contributed by atoms with Crippen molar-refractivity contribution in [3.05, 3.63) is 90.0 Å². The Kier molecular flexibility index (Phi) is 7.83. The molecule has 1 amide bonds. The van der Waals surface area contributed by atoms with Crippen LogP contribution in [0.25, 0.3) is 11.6 Å². The number of anilines is 1. The maximum absolute atomic E-state index is 13.1. The van der Waals surface area contributed by atoms with Crippen LogP contribution in [-0.4, -0.2) is 33.5 Å². The fourth-order valence-electron chi connectivity index (χ4n) is 3.07. The normalized spacial score (nSPS) is 12.5. The van der Waals surface area contributed by atoms with E-state index in [1.54, 1.807) is 42.5 Å². The van der Waals surface area contributed by atoms with Crippen molar-refractivity contribution in [1.29, 1.82) is 0 Å². The van der Waals surface area contributed by atoms with Gasteiger partial charge in [-0.25, -0.2) is 18.4 Å². The predicted octanol–water partition coefficient (Wildman–Crippen LogP) is 3.45. The Morgan fingerprint density at radius 3 is 2.18 bits per heavy atom. The number of nitrogens with one attached hydrogen (secondary N) is 1. The SMILES string of the molecule is COc1ccccc1/C=C(/C(=O)O[C@@H](C)C(=O)Nc1ccc(S(N)(=O)=O)cc1)c1ccccc1. The van der Waals surface area contributed by atoms with E-state index in [4.69, 9.17) is 14.6 Å². The molecule has 0 aliphatic rings. The van der Waals surface area contributed by atoms with Gasteiger partial charge in [-0.3, -0.25) is 4.79 Å². The van der Waals surface area contributed by atoms with E-state index in [0.717, 1.165) is 0 Å². The molecule has 0 saturated heterocycles. The first-order chi connectivity index (χ1) is 16.2. The molecular weight excluding hydrogens is 456 g/mol. The van der Waals surface area contributed by atoms with Crippen LogP contribution in [0.4, 0.5) is 5.69 Å². The van der Waals surface area contributed by atoms with Crippen LogP contribution in [0.1, 0.15) is 18.1 Å². The van der Waals surface area contributed by atoms with E-state index in [1.807, 2.05) is 18.2 Å². The molecule has 0 saturated carbocycles. The third kappa shape index (κ3) is 6.31. The number of amides is 1. The van der Waals surface area contributed by atoms with Crippen LogP contribution in [0, 0.1) is 0 Å². The van der Waals surface area contributed by atoms with Gasteiger partial charge in [0.2, 0.25) is 10.0 Å². The third-order valence-electron chi connectivity index (χ3n) is 4.85. The van der Waals surface area contributed by atoms with E-state index in [9.17, 15) is 18.0 Å². The minimum absolute atomic E-state index is 0.0843. The average Bonchev–Trinajstić information content (AvgIpc) is 2.83. The van der Waals surface area contributed by atoms with Gasteiger partial charge in [0.05, 0.1) is 17.6 Å². The molecule has 176 valence electrons. The van der Waals surface area contributed by atoms with Gasteiger partial charge in [0.25, 0.3) is 5.91 Å². The van der Waals surface area contributed by atoms with Gasteiger partial charge >= 0.3 is 5.97 Å². The number of rotatable bonds is 8. The Labute approximate surface area is 198 Å². The fraction of sp³-hybridized carbons (Fsp3) is 0.120. The highest BCUT2D eigenvalue weighted by Crippen LogP contribution is 2.26. The van der Waals surface area contributed by atoms with Gasteiger partial charge in [0, 0.05) is 11.3 Å². The number of sulfonamides is 1. The number of benzene rings is 3. The number of nitrogens with two attached hydrogens (primary N) is 1. The molecule has 3 aromatic rings. The lowest BCUT2D eigenvalue weighted by atomic mass is 10.0. The van der Waals surface area contributed by atoms with Crippen LogP contribution < -0.4 is 15.2 Å². The van der Waals surface area contributed by atoms with Crippen molar-refractivity contribution in [2.45, 2.75) is 17.9 Å². The second-order valence-corrected chi connectivity index (χ2v) is 8.83. The monoisotopic (exact) mass is 480 g/mol. The summed E-state index contributed by atoms with van der Waals surface area (Å²) in [4.78, 5) is 25.6. The van der Waals surface area contributed by atoms with Crippen LogP contribution in [-0.2, 0) is 24.3 Å². The molecule has 3 aromatic carbocycles. The summed E-state index contributed by atoms with van der Waals surface area (Å²) >= 11 is 0. The van der Waals surface area contributed by atoms with Crippen LogP contribution in [0.15, 0.2) is 83.8 Å². The first kappa shape index (κ1) is 24.7. The van der Waals surface area contributed by atoms with Crippen molar-refractivity contribution >= 4 is 39.2 Å². The van der Waals surface area contributed by atoms with Gasteiger partial charge in [-0.2, -0.15) is 0 Å². The summed E-state index contributed by atoms with van der Waals surface area (Å²) in [5, 5.41) is 7.66. The Hall–Kier alpha value is -3.95. The minimum atomic E-state index is -3.84. The number of para-hydroxylation sites is 1. The minimum Gasteiger partial charge on any atom is -0.496 e. The van der Waals surface area contributed by atoms with Crippen molar-refractivity contribution in [2.24, 2.45) is 5.14 Å². The zero-order chi connectivity index (χ0) is 24.7.